The third-order valence-corrected chi connectivity index (χ3v) is 13.2. The molecule has 0 amide bonds. The van der Waals surface area contributed by atoms with Crippen LogP contribution in [0.15, 0.2) is 0 Å². The van der Waals surface area contributed by atoms with Gasteiger partial charge in [-0.1, -0.05) is 285 Å². The fourth-order valence-electron chi connectivity index (χ4n) is 8.87. The smallest absolute Gasteiger partial charge is 0.306 e. The Morgan fingerprint density at radius 3 is 0.766 bits per heavy atom. The van der Waals surface area contributed by atoms with Crippen LogP contribution in [0.1, 0.15) is 324 Å². The van der Waals surface area contributed by atoms with E-state index in [1.54, 1.807) is 0 Å². The molecule has 0 saturated heterocycles. The lowest BCUT2D eigenvalue weighted by atomic mass is 10.0. The van der Waals surface area contributed by atoms with E-state index < -0.39 is 6.10 Å². The third-order valence-electron chi connectivity index (χ3n) is 13.2. The van der Waals surface area contributed by atoms with Crippen LogP contribution in [0.25, 0.3) is 0 Å². The van der Waals surface area contributed by atoms with E-state index >= 15 is 0 Å². The Kier molecular flexibility index (Phi) is 49.6. The highest BCUT2D eigenvalue weighted by molar-refractivity contribution is 5.71. The molecule has 380 valence electrons. The highest BCUT2D eigenvalue weighted by Crippen LogP contribution is 2.18. The molecule has 0 radical (unpaired) electrons. The molecule has 0 aliphatic carbocycles. The summed E-state index contributed by atoms with van der Waals surface area (Å²) in [6.07, 6.45) is 53.8. The Bertz CT molecular complexity index is 978. The number of rotatable bonds is 52. The standard InChI is InChI=1S/C58H112O6/c1-6-7-8-9-10-11-12-13-14-15-18-23-28-33-38-43-48-56(59)62-51-55(64-58(61)50-45-40-35-30-25-20-22-27-32-37-42-47-54(4)5)52-63-57(60)49-44-39-34-29-24-19-16-17-21-26-31-36-41-46-53(2)3/h53-55H,6-52H2,1-5H3/t55-/m0/s1. The lowest BCUT2D eigenvalue weighted by Crippen LogP contribution is -2.30. The topological polar surface area (TPSA) is 78.9 Å². The quantitative estimate of drug-likeness (QED) is 0.0344. The van der Waals surface area contributed by atoms with Crippen LogP contribution in [0.4, 0.5) is 0 Å². The normalized spacial score (nSPS) is 12.0. The molecule has 0 aliphatic rings. The Hall–Kier alpha value is -1.59. The number of hydrogen-bond acceptors (Lipinski definition) is 6. The van der Waals surface area contributed by atoms with Crippen molar-refractivity contribution in [3.8, 4) is 0 Å². The zero-order chi connectivity index (χ0) is 46.8. The molecular weight excluding hydrogens is 793 g/mol. The van der Waals surface area contributed by atoms with Crippen LogP contribution < -0.4 is 0 Å². The molecule has 0 heterocycles. The molecule has 0 spiro atoms. The Balaban J connectivity index is 4.30. The lowest BCUT2D eigenvalue weighted by molar-refractivity contribution is -0.167. The van der Waals surface area contributed by atoms with Gasteiger partial charge < -0.3 is 14.2 Å². The summed E-state index contributed by atoms with van der Waals surface area (Å²) in [4.78, 5) is 38.1. The van der Waals surface area contributed by atoms with Gasteiger partial charge in [-0.2, -0.15) is 0 Å². The van der Waals surface area contributed by atoms with Gasteiger partial charge in [-0.15, -0.1) is 0 Å². The first-order valence-electron chi connectivity index (χ1n) is 28.7. The van der Waals surface area contributed by atoms with Gasteiger partial charge in [0.15, 0.2) is 6.10 Å². The molecule has 0 saturated carbocycles. The first kappa shape index (κ1) is 62.4. The van der Waals surface area contributed by atoms with E-state index in [1.807, 2.05) is 0 Å². The third kappa shape index (κ3) is 51.4. The maximum absolute atomic E-state index is 12.8. The number of ether oxygens (including phenoxy) is 3. The second-order valence-electron chi connectivity index (χ2n) is 20.9. The summed E-state index contributed by atoms with van der Waals surface area (Å²) >= 11 is 0. The van der Waals surface area contributed by atoms with Gasteiger partial charge in [0.05, 0.1) is 0 Å². The van der Waals surface area contributed by atoms with Gasteiger partial charge in [0.1, 0.15) is 13.2 Å². The molecule has 0 N–H and O–H groups in total. The van der Waals surface area contributed by atoms with Crippen LogP contribution in [0.3, 0.4) is 0 Å². The van der Waals surface area contributed by atoms with Crippen molar-refractivity contribution >= 4 is 17.9 Å². The molecule has 0 aliphatic heterocycles. The van der Waals surface area contributed by atoms with Gasteiger partial charge in [-0.3, -0.25) is 14.4 Å². The molecule has 6 heteroatoms. The maximum Gasteiger partial charge on any atom is 0.306 e. The van der Waals surface area contributed by atoms with E-state index in [2.05, 4.69) is 34.6 Å². The summed E-state index contributed by atoms with van der Waals surface area (Å²) in [6, 6.07) is 0. The fourth-order valence-corrected chi connectivity index (χ4v) is 8.87. The molecule has 0 aromatic heterocycles. The van der Waals surface area contributed by atoms with Crippen molar-refractivity contribution in [2.75, 3.05) is 13.2 Å². The number of carbonyl (C=O) groups excluding carboxylic acids is 3. The number of esters is 3. The summed E-state index contributed by atoms with van der Waals surface area (Å²) in [7, 11) is 0. The monoisotopic (exact) mass is 905 g/mol. The fraction of sp³-hybridized carbons (Fsp3) is 0.948. The van der Waals surface area contributed by atoms with Crippen molar-refractivity contribution in [2.45, 2.75) is 330 Å². The molecule has 0 fully saturated rings. The minimum atomic E-state index is -0.763. The van der Waals surface area contributed by atoms with Crippen LogP contribution in [0.5, 0.6) is 0 Å². The molecule has 1 atom stereocenters. The molecule has 0 rings (SSSR count). The van der Waals surface area contributed by atoms with E-state index in [-0.39, 0.29) is 31.1 Å². The minimum absolute atomic E-state index is 0.0628. The van der Waals surface area contributed by atoms with E-state index in [0.29, 0.717) is 19.3 Å². The largest absolute Gasteiger partial charge is 0.462 e. The summed E-state index contributed by atoms with van der Waals surface area (Å²) in [5.74, 6) is 0.825. The minimum Gasteiger partial charge on any atom is -0.462 e. The van der Waals surface area contributed by atoms with E-state index in [9.17, 15) is 14.4 Å². The van der Waals surface area contributed by atoms with Gasteiger partial charge in [0, 0.05) is 19.3 Å². The van der Waals surface area contributed by atoms with Gasteiger partial charge in [0.2, 0.25) is 0 Å². The van der Waals surface area contributed by atoms with Crippen molar-refractivity contribution in [3.05, 3.63) is 0 Å². The van der Waals surface area contributed by atoms with Crippen molar-refractivity contribution in [2.24, 2.45) is 11.8 Å². The predicted octanol–water partition coefficient (Wildman–Crippen LogP) is 18.9. The van der Waals surface area contributed by atoms with Crippen LogP contribution in [-0.2, 0) is 28.6 Å². The molecule has 0 unspecified atom stereocenters. The Morgan fingerprint density at radius 1 is 0.297 bits per heavy atom. The molecule has 6 nitrogen and oxygen atoms in total. The van der Waals surface area contributed by atoms with Crippen molar-refractivity contribution in [3.63, 3.8) is 0 Å². The first-order valence-corrected chi connectivity index (χ1v) is 28.7. The zero-order valence-corrected chi connectivity index (χ0v) is 43.9. The molecule has 0 aromatic carbocycles. The number of carbonyl (C=O) groups is 3. The van der Waals surface area contributed by atoms with Crippen LogP contribution in [0.2, 0.25) is 0 Å². The summed E-state index contributed by atoms with van der Waals surface area (Å²) in [5.41, 5.74) is 0. The number of hydrogen-bond donors (Lipinski definition) is 0. The highest BCUT2D eigenvalue weighted by Gasteiger charge is 2.19. The van der Waals surface area contributed by atoms with E-state index in [4.69, 9.17) is 14.2 Å². The summed E-state index contributed by atoms with van der Waals surface area (Å²) in [5, 5.41) is 0. The van der Waals surface area contributed by atoms with Crippen LogP contribution >= 0.6 is 0 Å². The van der Waals surface area contributed by atoms with Crippen LogP contribution in [-0.4, -0.2) is 37.2 Å². The van der Waals surface area contributed by atoms with Crippen LogP contribution in [0, 0.1) is 11.8 Å². The Labute approximate surface area is 399 Å². The molecule has 0 bridgehead atoms. The van der Waals surface area contributed by atoms with E-state index in [0.717, 1.165) is 69.6 Å². The first-order chi connectivity index (χ1) is 31.2. The average molecular weight is 906 g/mol. The average Bonchev–Trinajstić information content (AvgIpc) is 3.27. The van der Waals surface area contributed by atoms with Gasteiger partial charge in [-0.05, 0) is 31.1 Å². The van der Waals surface area contributed by atoms with Gasteiger partial charge in [0.25, 0.3) is 0 Å². The molecule has 0 aromatic rings. The van der Waals surface area contributed by atoms with Gasteiger partial charge in [-0.25, -0.2) is 0 Å². The predicted molar refractivity (Wildman–Crippen MR) is 275 cm³/mol. The second-order valence-corrected chi connectivity index (χ2v) is 20.9. The Morgan fingerprint density at radius 2 is 0.516 bits per heavy atom. The van der Waals surface area contributed by atoms with Crippen molar-refractivity contribution in [1.29, 1.82) is 0 Å². The maximum atomic E-state index is 12.8. The van der Waals surface area contributed by atoms with Crippen molar-refractivity contribution < 1.29 is 28.6 Å². The SMILES string of the molecule is CCCCCCCCCCCCCCCCCCC(=O)OC[C@@H](COC(=O)CCCCCCCCCCCCCCCC(C)C)OC(=O)CCCCCCCCCCCCCC(C)C. The zero-order valence-electron chi connectivity index (χ0n) is 43.9. The lowest BCUT2D eigenvalue weighted by Gasteiger charge is -2.18. The van der Waals surface area contributed by atoms with E-state index in [1.165, 1.54) is 212 Å². The van der Waals surface area contributed by atoms with Crippen molar-refractivity contribution in [1.82, 2.24) is 0 Å². The van der Waals surface area contributed by atoms with Gasteiger partial charge >= 0.3 is 17.9 Å². The number of unbranched alkanes of at least 4 members (excludes halogenated alkanes) is 37. The molecule has 64 heavy (non-hydrogen) atoms. The molecular formula is C58H112O6. The second kappa shape index (κ2) is 50.8. The highest BCUT2D eigenvalue weighted by atomic mass is 16.6. The summed E-state index contributed by atoms with van der Waals surface area (Å²) < 4.78 is 16.9. The summed E-state index contributed by atoms with van der Waals surface area (Å²) in [6.45, 7) is 11.4.